The maximum atomic E-state index is 12.6. The molecule has 0 aromatic heterocycles. The van der Waals surface area contributed by atoms with Crippen molar-refractivity contribution in [2.45, 2.75) is 32.0 Å². The van der Waals surface area contributed by atoms with Crippen LogP contribution in [0.25, 0.3) is 0 Å². The summed E-state index contributed by atoms with van der Waals surface area (Å²) >= 11 is 0. The first-order valence-corrected chi connectivity index (χ1v) is 6.26. The Kier molecular flexibility index (Phi) is 3.94. The molecule has 5 heteroatoms. The topological polar surface area (TPSA) is 26.3 Å². The van der Waals surface area contributed by atoms with E-state index in [4.69, 9.17) is 4.74 Å². The van der Waals surface area contributed by atoms with E-state index in [0.717, 1.165) is 12.1 Å². The molecule has 0 saturated carbocycles. The number of carbonyl (C=O) groups is 1. The molecule has 0 spiro atoms. The fraction of sp³-hybridized carbons (Fsp3) is 0.500. The molecule has 1 aliphatic heterocycles. The average Bonchev–Trinajstić information content (AvgIpc) is 2.85. The predicted molar refractivity (Wildman–Crippen MR) is 63.9 cm³/mol. The van der Waals surface area contributed by atoms with Crippen molar-refractivity contribution < 1.29 is 22.7 Å². The number of benzene rings is 1. The monoisotopic (exact) mass is 272 g/mol. The van der Waals surface area contributed by atoms with E-state index in [0.29, 0.717) is 19.4 Å². The average molecular weight is 272 g/mol. The molecule has 1 fully saturated rings. The van der Waals surface area contributed by atoms with Gasteiger partial charge in [0.25, 0.3) is 0 Å². The molecular formula is C14H15F3O2. The number of hydrogen-bond donors (Lipinski definition) is 0. The quantitative estimate of drug-likeness (QED) is 0.784. The van der Waals surface area contributed by atoms with E-state index in [1.54, 1.807) is 0 Å². The summed E-state index contributed by atoms with van der Waals surface area (Å²) in [6.45, 7) is 2.40. The molecule has 104 valence electrons. The van der Waals surface area contributed by atoms with Crippen LogP contribution in [0.3, 0.4) is 0 Å². The van der Waals surface area contributed by atoms with Gasteiger partial charge in [-0.05, 0) is 25.0 Å². The van der Waals surface area contributed by atoms with Gasteiger partial charge in [0.2, 0.25) is 0 Å². The van der Waals surface area contributed by atoms with Crippen LogP contribution in [-0.2, 0) is 10.9 Å². The minimum absolute atomic E-state index is 0.115. The maximum Gasteiger partial charge on any atom is 0.416 e. The molecule has 1 heterocycles. The zero-order valence-electron chi connectivity index (χ0n) is 10.5. The lowest BCUT2D eigenvalue weighted by molar-refractivity contribution is -0.137. The van der Waals surface area contributed by atoms with Gasteiger partial charge in [0.15, 0.2) is 5.78 Å². The Hall–Kier alpha value is -1.36. The fourth-order valence-corrected chi connectivity index (χ4v) is 2.41. The van der Waals surface area contributed by atoms with Gasteiger partial charge in [-0.2, -0.15) is 13.2 Å². The van der Waals surface area contributed by atoms with Crippen LogP contribution in [0.5, 0.6) is 0 Å². The summed E-state index contributed by atoms with van der Waals surface area (Å²) in [5.74, 6) is -0.580. The van der Waals surface area contributed by atoms with Crippen LogP contribution < -0.4 is 0 Å². The van der Waals surface area contributed by atoms with Crippen molar-refractivity contribution in [2.75, 3.05) is 6.61 Å². The summed E-state index contributed by atoms with van der Waals surface area (Å²) in [5.41, 5.74) is -0.672. The Morgan fingerprint density at radius 2 is 2.16 bits per heavy atom. The van der Waals surface area contributed by atoms with Gasteiger partial charge in [0.05, 0.1) is 17.6 Å². The molecular weight excluding hydrogens is 257 g/mol. The highest BCUT2D eigenvalue weighted by Crippen LogP contribution is 2.32. The Morgan fingerprint density at radius 1 is 1.42 bits per heavy atom. The van der Waals surface area contributed by atoms with E-state index < -0.39 is 11.7 Å². The van der Waals surface area contributed by atoms with E-state index in [-0.39, 0.29) is 23.4 Å². The van der Waals surface area contributed by atoms with Crippen molar-refractivity contribution in [3.05, 3.63) is 35.4 Å². The van der Waals surface area contributed by atoms with Gasteiger partial charge >= 0.3 is 6.18 Å². The van der Waals surface area contributed by atoms with Crippen LogP contribution >= 0.6 is 0 Å². The van der Waals surface area contributed by atoms with Crippen LogP contribution in [0.2, 0.25) is 0 Å². The first-order chi connectivity index (χ1) is 8.93. The molecule has 1 aliphatic rings. The molecule has 19 heavy (non-hydrogen) atoms. The molecule has 0 aliphatic carbocycles. The molecule has 1 aromatic carbocycles. The number of halogens is 3. The summed E-state index contributed by atoms with van der Waals surface area (Å²) in [6.07, 6.45) is -3.34. The number of rotatable bonds is 3. The van der Waals surface area contributed by atoms with Gasteiger partial charge in [0, 0.05) is 12.2 Å². The van der Waals surface area contributed by atoms with Crippen LogP contribution in [-0.4, -0.2) is 18.5 Å². The van der Waals surface area contributed by atoms with Crippen molar-refractivity contribution in [1.82, 2.24) is 0 Å². The largest absolute Gasteiger partial charge is 0.416 e. The summed E-state index contributed by atoms with van der Waals surface area (Å²) < 4.78 is 43.3. The Labute approximate surface area is 109 Å². The van der Waals surface area contributed by atoms with Gasteiger partial charge in [-0.1, -0.05) is 19.1 Å². The van der Waals surface area contributed by atoms with E-state index in [9.17, 15) is 18.0 Å². The van der Waals surface area contributed by atoms with E-state index in [2.05, 4.69) is 0 Å². The summed E-state index contributed by atoms with van der Waals surface area (Å²) in [4.78, 5) is 12.2. The Bertz CT molecular complexity index is 468. The first-order valence-electron chi connectivity index (χ1n) is 6.26. The van der Waals surface area contributed by atoms with Gasteiger partial charge in [-0.15, -0.1) is 0 Å². The van der Waals surface area contributed by atoms with Crippen LogP contribution in [0.1, 0.15) is 35.7 Å². The smallest absolute Gasteiger partial charge is 0.377 e. The first kappa shape index (κ1) is 14.1. The number of carbonyl (C=O) groups excluding carboxylic acids is 1. The van der Waals surface area contributed by atoms with Crippen LogP contribution in [0.15, 0.2) is 24.3 Å². The van der Waals surface area contributed by atoms with E-state index in [1.807, 2.05) is 6.92 Å². The van der Waals surface area contributed by atoms with Crippen molar-refractivity contribution in [1.29, 1.82) is 0 Å². The number of Topliss-reactive ketones (excluding diaryl/α,β-unsaturated/α-hetero) is 1. The van der Waals surface area contributed by atoms with E-state index >= 15 is 0 Å². The number of ketones is 1. The Balaban J connectivity index is 2.24. The van der Waals surface area contributed by atoms with Gasteiger partial charge < -0.3 is 4.74 Å². The summed E-state index contributed by atoms with van der Waals surface area (Å²) in [6, 6.07) is 4.60. The van der Waals surface area contributed by atoms with Crippen molar-refractivity contribution in [2.24, 2.45) is 5.92 Å². The van der Waals surface area contributed by atoms with Crippen molar-refractivity contribution >= 4 is 5.78 Å². The molecule has 1 aromatic rings. The summed E-state index contributed by atoms with van der Waals surface area (Å²) in [5, 5.41) is 0. The molecule has 2 nitrogen and oxygen atoms in total. The zero-order valence-corrected chi connectivity index (χ0v) is 10.5. The third kappa shape index (κ3) is 2.97. The molecule has 2 unspecified atom stereocenters. The van der Waals surface area contributed by atoms with Crippen LogP contribution in [0.4, 0.5) is 13.2 Å². The normalized spacial score (nSPS) is 23.6. The van der Waals surface area contributed by atoms with Crippen molar-refractivity contribution in [3.8, 4) is 0 Å². The SMILES string of the molecule is CCC1OCCC1C(=O)c1cccc(C(F)(F)F)c1. The standard InChI is InChI=1S/C14H15F3O2/c1-2-12-11(6-7-19-12)13(18)9-4-3-5-10(8-9)14(15,16)17/h3-5,8,11-12H,2,6-7H2,1H3. The molecule has 2 atom stereocenters. The molecule has 0 radical (unpaired) electrons. The lowest BCUT2D eigenvalue weighted by atomic mass is 9.90. The molecule has 2 rings (SSSR count). The third-order valence-electron chi connectivity index (χ3n) is 3.42. The fourth-order valence-electron chi connectivity index (χ4n) is 2.41. The second-order valence-electron chi connectivity index (χ2n) is 4.66. The highest BCUT2D eigenvalue weighted by atomic mass is 19.4. The molecule has 0 N–H and O–H groups in total. The predicted octanol–water partition coefficient (Wildman–Crippen LogP) is 3.70. The minimum Gasteiger partial charge on any atom is -0.377 e. The number of alkyl halides is 3. The number of hydrogen-bond acceptors (Lipinski definition) is 2. The van der Waals surface area contributed by atoms with Gasteiger partial charge in [0.1, 0.15) is 0 Å². The summed E-state index contributed by atoms with van der Waals surface area (Å²) in [7, 11) is 0. The molecule has 0 bridgehead atoms. The minimum atomic E-state index is -4.42. The Morgan fingerprint density at radius 3 is 2.79 bits per heavy atom. The maximum absolute atomic E-state index is 12.6. The number of ether oxygens (including phenoxy) is 1. The van der Waals surface area contributed by atoms with Gasteiger partial charge in [-0.3, -0.25) is 4.79 Å². The molecule has 1 saturated heterocycles. The van der Waals surface area contributed by atoms with E-state index in [1.165, 1.54) is 12.1 Å². The third-order valence-corrected chi connectivity index (χ3v) is 3.42. The lowest BCUT2D eigenvalue weighted by Crippen LogP contribution is -2.24. The zero-order chi connectivity index (χ0) is 14.0. The highest BCUT2D eigenvalue weighted by molar-refractivity contribution is 5.98. The second-order valence-corrected chi connectivity index (χ2v) is 4.66. The van der Waals surface area contributed by atoms with Crippen LogP contribution in [0, 0.1) is 5.92 Å². The van der Waals surface area contributed by atoms with Crippen molar-refractivity contribution in [3.63, 3.8) is 0 Å². The second kappa shape index (κ2) is 5.33. The lowest BCUT2D eigenvalue weighted by Gasteiger charge is -2.16. The highest BCUT2D eigenvalue weighted by Gasteiger charge is 2.35. The molecule has 0 amide bonds. The van der Waals surface area contributed by atoms with Gasteiger partial charge in [-0.25, -0.2) is 0 Å².